The van der Waals surface area contributed by atoms with Crippen molar-refractivity contribution in [2.24, 2.45) is 0 Å². The normalized spacial score (nSPS) is 10.6. The lowest BCUT2D eigenvalue weighted by Crippen LogP contribution is -2.34. The number of hydrogen-bond acceptors (Lipinski definition) is 3. The Labute approximate surface area is 155 Å². The van der Waals surface area contributed by atoms with Crippen LogP contribution in [0.3, 0.4) is 0 Å². The minimum absolute atomic E-state index is 0.443. The fraction of sp³-hybridized carbons (Fsp3) is 0.111. The van der Waals surface area contributed by atoms with Gasteiger partial charge in [0.05, 0.1) is 5.52 Å². The van der Waals surface area contributed by atoms with Crippen molar-refractivity contribution in [1.82, 2.24) is 10.4 Å². The van der Waals surface area contributed by atoms with Gasteiger partial charge >= 0.3 is 6.03 Å². The van der Waals surface area contributed by atoms with Gasteiger partial charge < -0.3 is 5.32 Å². The quantitative estimate of drug-likeness (QED) is 0.544. The number of pyridine rings is 1. The number of nitrogens with zero attached hydrogens (tertiary/aromatic N) is 1. The molecule has 0 bridgehead atoms. The van der Waals surface area contributed by atoms with E-state index in [1.807, 2.05) is 38.1 Å². The lowest BCUT2D eigenvalue weighted by Gasteiger charge is -2.12. The lowest BCUT2D eigenvalue weighted by molar-refractivity contribution is 0.254. The number of aromatic nitrogens is 1. The summed E-state index contributed by atoms with van der Waals surface area (Å²) in [6, 6.07) is 12.2. The van der Waals surface area contributed by atoms with E-state index in [0.29, 0.717) is 21.6 Å². The predicted molar refractivity (Wildman–Crippen MR) is 103 cm³/mol. The lowest BCUT2D eigenvalue weighted by atomic mass is 10.1. The maximum atomic E-state index is 12.0. The molecule has 3 aromatic rings. The number of fused-ring (bicyclic) bond motifs is 1. The molecule has 0 spiro atoms. The second-order valence-corrected chi connectivity index (χ2v) is 6.53. The standard InChI is InChI=1S/C18H16Cl2N4O/c1-10-4-3-5-15-11(2)6-16(22-17(10)15)23-24-18(25)21-14-8-12(19)7-13(20)9-14/h3-9H,1-2H3,(H,22,23)(H2,21,24,25). The van der Waals surface area contributed by atoms with Crippen molar-refractivity contribution in [3.05, 3.63) is 63.6 Å². The van der Waals surface area contributed by atoms with Gasteiger partial charge in [0.25, 0.3) is 0 Å². The van der Waals surface area contributed by atoms with Crippen molar-refractivity contribution in [1.29, 1.82) is 0 Å². The Balaban J connectivity index is 1.72. The molecule has 3 rings (SSSR count). The number of amides is 2. The third-order valence-electron chi connectivity index (χ3n) is 3.67. The highest BCUT2D eigenvalue weighted by Crippen LogP contribution is 2.23. The van der Waals surface area contributed by atoms with E-state index in [4.69, 9.17) is 23.2 Å². The maximum absolute atomic E-state index is 12.0. The van der Waals surface area contributed by atoms with Crippen LogP contribution < -0.4 is 16.2 Å². The van der Waals surface area contributed by atoms with E-state index in [0.717, 1.165) is 22.0 Å². The number of anilines is 2. The molecule has 25 heavy (non-hydrogen) atoms. The van der Waals surface area contributed by atoms with Crippen molar-refractivity contribution in [2.75, 3.05) is 10.7 Å². The second kappa shape index (κ2) is 7.17. The Bertz CT molecular complexity index is 939. The molecule has 128 valence electrons. The first-order valence-corrected chi connectivity index (χ1v) is 8.34. The maximum Gasteiger partial charge on any atom is 0.337 e. The Morgan fingerprint density at radius 3 is 2.44 bits per heavy atom. The fourth-order valence-corrected chi connectivity index (χ4v) is 3.06. The Hall–Kier alpha value is -2.50. The number of halogens is 2. The van der Waals surface area contributed by atoms with Crippen LogP contribution >= 0.6 is 23.2 Å². The van der Waals surface area contributed by atoms with E-state index in [9.17, 15) is 4.79 Å². The van der Waals surface area contributed by atoms with Crippen LogP contribution in [0, 0.1) is 13.8 Å². The van der Waals surface area contributed by atoms with Gasteiger partial charge in [-0.25, -0.2) is 9.78 Å². The summed E-state index contributed by atoms with van der Waals surface area (Å²) < 4.78 is 0. The van der Waals surface area contributed by atoms with Gasteiger partial charge in [0.2, 0.25) is 0 Å². The van der Waals surface area contributed by atoms with E-state index >= 15 is 0 Å². The zero-order valence-electron chi connectivity index (χ0n) is 13.7. The number of rotatable bonds is 3. The number of carbonyl (C=O) groups is 1. The molecule has 7 heteroatoms. The number of para-hydroxylation sites is 1. The third kappa shape index (κ3) is 4.13. The highest BCUT2D eigenvalue weighted by molar-refractivity contribution is 6.35. The molecular formula is C18H16Cl2N4O. The molecule has 0 radical (unpaired) electrons. The van der Waals surface area contributed by atoms with Crippen molar-refractivity contribution in [2.45, 2.75) is 13.8 Å². The molecule has 2 aromatic carbocycles. The zero-order valence-corrected chi connectivity index (χ0v) is 15.2. The largest absolute Gasteiger partial charge is 0.337 e. The molecule has 0 saturated heterocycles. The summed E-state index contributed by atoms with van der Waals surface area (Å²) in [5.41, 5.74) is 8.90. The molecule has 0 aliphatic rings. The molecule has 5 nitrogen and oxygen atoms in total. The summed E-state index contributed by atoms with van der Waals surface area (Å²) in [6.45, 7) is 4.00. The average Bonchev–Trinajstić information content (AvgIpc) is 2.53. The van der Waals surface area contributed by atoms with Crippen molar-refractivity contribution in [3.8, 4) is 0 Å². The summed E-state index contributed by atoms with van der Waals surface area (Å²) in [7, 11) is 0. The van der Waals surface area contributed by atoms with Crippen molar-refractivity contribution < 1.29 is 4.79 Å². The van der Waals surface area contributed by atoms with Crippen LogP contribution in [0.15, 0.2) is 42.5 Å². The second-order valence-electron chi connectivity index (χ2n) is 5.66. The number of hydrazine groups is 1. The summed E-state index contributed by atoms with van der Waals surface area (Å²) in [5, 5.41) is 4.62. The average molecular weight is 375 g/mol. The van der Waals surface area contributed by atoms with Gasteiger partial charge in [-0.05, 0) is 49.2 Å². The molecule has 0 unspecified atom stereocenters. The molecule has 0 aliphatic heterocycles. The third-order valence-corrected chi connectivity index (χ3v) is 4.11. The predicted octanol–water partition coefficient (Wildman–Crippen LogP) is 5.31. The number of aryl methyl sites for hydroxylation is 2. The molecule has 2 amide bonds. The summed E-state index contributed by atoms with van der Waals surface area (Å²) in [5.74, 6) is 0.554. The van der Waals surface area contributed by atoms with Gasteiger partial charge in [0.15, 0.2) is 0 Å². The molecule has 3 N–H and O–H groups in total. The molecule has 0 aliphatic carbocycles. The van der Waals surface area contributed by atoms with Crippen LogP contribution in [0.5, 0.6) is 0 Å². The van der Waals surface area contributed by atoms with Gasteiger partial charge in [-0.2, -0.15) is 0 Å². The van der Waals surface area contributed by atoms with Gasteiger partial charge in [-0.3, -0.25) is 10.9 Å². The molecule has 0 saturated carbocycles. The topological polar surface area (TPSA) is 66.0 Å². The molecule has 0 atom stereocenters. The summed E-state index contributed by atoms with van der Waals surface area (Å²) in [4.78, 5) is 16.6. The Morgan fingerprint density at radius 1 is 1.00 bits per heavy atom. The van der Waals surface area contributed by atoms with E-state index in [1.54, 1.807) is 18.2 Å². The minimum atomic E-state index is -0.456. The van der Waals surface area contributed by atoms with Crippen molar-refractivity contribution in [3.63, 3.8) is 0 Å². The van der Waals surface area contributed by atoms with Gasteiger partial charge in [-0.15, -0.1) is 0 Å². The number of hydrogen-bond donors (Lipinski definition) is 3. The molecule has 1 aromatic heterocycles. The first-order chi connectivity index (χ1) is 11.9. The zero-order chi connectivity index (χ0) is 18.0. The number of urea groups is 1. The minimum Gasteiger partial charge on any atom is -0.306 e. The van der Waals surface area contributed by atoms with Gasteiger partial charge in [0, 0.05) is 21.1 Å². The van der Waals surface area contributed by atoms with Crippen LogP contribution in [-0.4, -0.2) is 11.0 Å². The van der Waals surface area contributed by atoms with Gasteiger partial charge in [-0.1, -0.05) is 41.4 Å². The summed E-state index contributed by atoms with van der Waals surface area (Å²) >= 11 is 11.8. The number of nitrogens with one attached hydrogen (secondary N) is 3. The van der Waals surface area contributed by atoms with E-state index in [1.165, 1.54) is 0 Å². The van der Waals surface area contributed by atoms with Crippen LogP contribution in [0.25, 0.3) is 10.9 Å². The first kappa shape index (κ1) is 17.3. The highest BCUT2D eigenvalue weighted by atomic mass is 35.5. The summed E-state index contributed by atoms with van der Waals surface area (Å²) in [6.07, 6.45) is 0. The Morgan fingerprint density at radius 2 is 1.72 bits per heavy atom. The molecule has 0 fully saturated rings. The van der Waals surface area contributed by atoms with Crippen LogP contribution in [0.1, 0.15) is 11.1 Å². The molecule has 1 heterocycles. The van der Waals surface area contributed by atoms with Crippen LogP contribution in [0.4, 0.5) is 16.3 Å². The van der Waals surface area contributed by atoms with E-state index < -0.39 is 6.03 Å². The number of carbonyl (C=O) groups excluding carboxylic acids is 1. The number of benzene rings is 2. The SMILES string of the molecule is Cc1cc(NNC(=O)Nc2cc(Cl)cc(Cl)c2)nc2c(C)cccc12. The van der Waals surface area contributed by atoms with E-state index in [2.05, 4.69) is 21.2 Å². The Kier molecular flexibility index (Phi) is 4.97. The monoisotopic (exact) mass is 374 g/mol. The van der Waals surface area contributed by atoms with Crippen molar-refractivity contribution >= 4 is 51.6 Å². The van der Waals surface area contributed by atoms with Crippen LogP contribution in [-0.2, 0) is 0 Å². The van der Waals surface area contributed by atoms with Crippen LogP contribution in [0.2, 0.25) is 10.0 Å². The smallest absolute Gasteiger partial charge is 0.306 e. The first-order valence-electron chi connectivity index (χ1n) is 7.58. The highest BCUT2D eigenvalue weighted by Gasteiger charge is 2.07. The molecular weight excluding hydrogens is 359 g/mol. The van der Waals surface area contributed by atoms with Gasteiger partial charge in [0.1, 0.15) is 5.82 Å². The fourth-order valence-electron chi connectivity index (χ4n) is 2.53. The van der Waals surface area contributed by atoms with E-state index in [-0.39, 0.29) is 0 Å².